The molecule has 2 aromatic rings. The molecule has 17 heavy (non-hydrogen) atoms. The van der Waals surface area contributed by atoms with Crippen molar-refractivity contribution in [2.75, 3.05) is 6.54 Å². The van der Waals surface area contributed by atoms with Gasteiger partial charge in [0, 0.05) is 16.7 Å². The molecule has 0 saturated carbocycles. The van der Waals surface area contributed by atoms with E-state index in [-0.39, 0.29) is 0 Å². The highest BCUT2D eigenvalue weighted by molar-refractivity contribution is 7.10. The van der Waals surface area contributed by atoms with E-state index in [4.69, 9.17) is 0 Å². The largest absolute Gasteiger partial charge is 0.308 e. The SMILES string of the molecule is CCCNC(Cc1cccs1)c1csc(C)n1. The summed E-state index contributed by atoms with van der Waals surface area (Å²) in [5, 5.41) is 9.05. The van der Waals surface area contributed by atoms with E-state index >= 15 is 0 Å². The van der Waals surface area contributed by atoms with Crippen LogP contribution in [0.4, 0.5) is 0 Å². The highest BCUT2D eigenvalue weighted by atomic mass is 32.1. The summed E-state index contributed by atoms with van der Waals surface area (Å²) in [6, 6.07) is 4.67. The van der Waals surface area contributed by atoms with Gasteiger partial charge in [0.1, 0.15) is 0 Å². The van der Waals surface area contributed by atoms with Crippen LogP contribution in [-0.4, -0.2) is 11.5 Å². The summed E-state index contributed by atoms with van der Waals surface area (Å²) in [7, 11) is 0. The number of aromatic nitrogens is 1. The predicted octanol–water partition coefficient (Wildman–Crippen LogP) is 3.80. The van der Waals surface area contributed by atoms with Crippen molar-refractivity contribution >= 4 is 22.7 Å². The fourth-order valence-electron chi connectivity index (χ4n) is 1.77. The van der Waals surface area contributed by atoms with E-state index < -0.39 is 0 Å². The van der Waals surface area contributed by atoms with Crippen LogP contribution in [0.25, 0.3) is 0 Å². The van der Waals surface area contributed by atoms with Gasteiger partial charge in [0.15, 0.2) is 0 Å². The molecule has 1 unspecified atom stereocenters. The van der Waals surface area contributed by atoms with Crippen LogP contribution < -0.4 is 5.32 Å². The molecule has 0 radical (unpaired) electrons. The molecule has 0 aromatic carbocycles. The van der Waals surface area contributed by atoms with Gasteiger partial charge in [0.05, 0.1) is 16.7 Å². The lowest BCUT2D eigenvalue weighted by Gasteiger charge is -2.15. The lowest BCUT2D eigenvalue weighted by molar-refractivity contribution is 0.522. The van der Waals surface area contributed by atoms with Gasteiger partial charge in [-0.15, -0.1) is 22.7 Å². The number of aryl methyl sites for hydroxylation is 1. The normalized spacial score (nSPS) is 12.8. The summed E-state index contributed by atoms with van der Waals surface area (Å²) in [6.07, 6.45) is 2.20. The molecular weight excluding hydrogens is 248 g/mol. The Morgan fingerprint density at radius 3 is 2.88 bits per heavy atom. The fraction of sp³-hybridized carbons (Fsp3) is 0.462. The summed E-state index contributed by atoms with van der Waals surface area (Å²) in [5.74, 6) is 0. The number of hydrogen-bond acceptors (Lipinski definition) is 4. The molecule has 2 nitrogen and oxygen atoms in total. The maximum Gasteiger partial charge on any atom is 0.0898 e. The molecule has 0 bridgehead atoms. The molecule has 0 amide bonds. The average Bonchev–Trinajstić information content (AvgIpc) is 2.95. The van der Waals surface area contributed by atoms with Crippen molar-refractivity contribution in [2.24, 2.45) is 0 Å². The standard InChI is InChI=1S/C13H18N2S2/c1-3-6-14-12(8-11-5-4-7-16-11)13-9-17-10(2)15-13/h4-5,7,9,12,14H,3,6,8H2,1-2H3. The van der Waals surface area contributed by atoms with Crippen LogP contribution >= 0.6 is 22.7 Å². The summed E-state index contributed by atoms with van der Waals surface area (Å²) in [4.78, 5) is 6.03. The molecule has 0 fully saturated rings. The summed E-state index contributed by atoms with van der Waals surface area (Å²) in [6.45, 7) is 5.31. The highest BCUT2D eigenvalue weighted by Gasteiger charge is 2.14. The average molecular weight is 266 g/mol. The van der Waals surface area contributed by atoms with E-state index in [0.717, 1.165) is 24.4 Å². The molecule has 0 saturated heterocycles. The van der Waals surface area contributed by atoms with Gasteiger partial charge in [-0.2, -0.15) is 0 Å². The van der Waals surface area contributed by atoms with Gasteiger partial charge in [0.2, 0.25) is 0 Å². The van der Waals surface area contributed by atoms with E-state index in [0.29, 0.717) is 6.04 Å². The second kappa shape index (κ2) is 6.28. The minimum Gasteiger partial charge on any atom is -0.308 e. The van der Waals surface area contributed by atoms with Crippen molar-refractivity contribution in [3.63, 3.8) is 0 Å². The van der Waals surface area contributed by atoms with E-state index in [9.17, 15) is 0 Å². The maximum absolute atomic E-state index is 4.61. The Labute approximate surface area is 111 Å². The number of hydrogen-bond donors (Lipinski definition) is 1. The first-order valence-electron chi connectivity index (χ1n) is 5.97. The molecule has 1 N–H and O–H groups in total. The molecule has 0 spiro atoms. The molecule has 0 aliphatic rings. The lowest BCUT2D eigenvalue weighted by atomic mass is 10.1. The number of thiophene rings is 1. The smallest absolute Gasteiger partial charge is 0.0898 e. The van der Waals surface area contributed by atoms with Crippen LogP contribution in [0.3, 0.4) is 0 Å². The molecule has 92 valence electrons. The Balaban J connectivity index is 2.07. The number of nitrogens with zero attached hydrogens (tertiary/aromatic N) is 1. The summed E-state index contributed by atoms with van der Waals surface area (Å²) < 4.78 is 0. The minimum absolute atomic E-state index is 0.360. The number of thiazole rings is 1. The second-order valence-corrected chi connectivity index (χ2v) is 6.18. The zero-order valence-electron chi connectivity index (χ0n) is 10.3. The van der Waals surface area contributed by atoms with Crippen LogP contribution in [0.15, 0.2) is 22.9 Å². The van der Waals surface area contributed by atoms with Crippen LogP contribution in [0, 0.1) is 6.92 Å². The van der Waals surface area contributed by atoms with Crippen LogP contribution in [0.2, 0.25) is 0 Å². The Bertz CT molecular complexity index is 434. The van der Waals surface area contributed by atoms with Gasteiger partial charge < -0.3 is 5.32 Å². The van der Waals surface area contributed by atoms with Gasteiger partial charge in [-0.1, -0.05) is 13.0 Å². The first-order valence-corrected chi connectivity index (χ1v) is 7.73. The third kappa shape index (κ3) is 3.63. The maximum atomic E-state index is 4.61. The third-order valence-corrected chi connectivity index (χ3v) is 4.31. The van der Waals surface area contributed by atoms with E-state index in [1.807, 2.05) is 11.3 Å². The van der Waals surface area contributed by atoms with Gasteiger partial charge >= 0.3 is 0 Å². The summed E-state index contributed by atoms with van der Waals surface area (Å²) >= 11 is 3.55. The van der Waals surface area contributed by atoms with Crippen LogP contribution in [0.1, 0.15) is 35.0 Å². The minimum atomic E-state index is 0.360. The monoisotopic (exact) mass is 266 g/mol. The molecule has 1 atom stereocenters. The van der Waals surface area contributed by atoms with Gasteiger partial charge in [-0.05, 0) is 31.3 Å². The quantitative estimate of drug-likeness (QED) is 0.860. The van der Waals surface area contributed by atoms with Crippen molar-refractivity contribution in [1.29, 1.82) is 0 Å². The van der Waals surface area contributed by atoms with Crippen LogP contribution in [-0.2, 0) is 6.42 Å². The highest BCUT2D eigenvalue weighted by Crippen LogP contribution is 2.22. The Kier molecular flexibility index (Phi) is 4.71. The van der Waals surface area contributed by atoms with E-state index in [2.05, 4.69) is 47.0 Å². The van der Waals surface area contributed by atoms with Gasteiger partial charge in [-0.3, -0.25) is 0 Å². The number of rotatable bonds is 6. The van der Waals surface area contributed by atoms with E-state index in [1.165, 1.54) is 10.6 Å². The topological polar surface area (TPSA) is 24.9 Å². The molecule has 2 rings (SSSR count). The molecule has 0 aliphatic heterocycles. The lowest BCUT2D eigenvalue weighted by Crippen LogP contribution is -2.24. The second-order valence-electron chi connectivity index (χ2n) is 4.08. The van der Waals surface area contributed by atoms with Crippen molar-refractivity contribution in [1.82, 2.24) is 10.3 Å². The zero-order chi connectivity index (χ0) is 12.1. The Morgan fingerprint density at radius 2 is 2.29 bits per heavy atom. The third-order valence-electron chi connectivity index (χ3n) is 2.62. The van der Waals surface area contributed by atoms with Gasteiger partial charge in [-0.25, -0.2) is 4.98 Å². The Hall–Kier alpha value is -0.710. The molecular formula is C13H18N2S2. The Morgan fingerprint density at radius 1 is 1.41 bits per heavy atom. The van der Waals surface area contributed by atoms with Crippen molar-refractivity contribution in [3.8, 4) is 0 Å². The van der Waals surface area contributed by atoms with E-state index in [1.54, 1.807) is 11.3 Å². The van der Waals surface area contributed by atoms with Crippen molar-refractivity contribution in [2.45, 2.75) is 32.7 Å². The number of nitrogens with one attached hydrogen (secondary N) is 1. The molecule has 0 aliphatic carbocycles. The summed E-state index contributed by atoms with van der Waals surface area (Å²) in [5.41, 5.74) is 1.19. The molecule has 2 aromatic heterocycles. The van der Waals surface area contributed by atoms with Crippen molar-refractivity contribution < 1.29 is 0 Å². The first-order chi connectivity index (χ1) is 8.29. The van der Waals surface area contributed by atoms with Crippen LogP contribution in [0.5, 0.6) is 0 Å². The first kappa shape index (κ1) is 12.7. The predicted molar refractivity (Wildman–Crippen MR) is 75.9 cm³/mol. The zero-order valence-corrected chi connectivity index (χ0v) is 11.9. The molecule has 4 heteroatoms. The van der Waals surface area contributed by atoms with Gasteiger partial charge in [0.25, 0.3) is 0 Å². The van der Waals surface area contributed by atoms with Crippen molar-refractivity contribution in [3.05, 3.63) is 38.5 Å². The molecule has 2 heterocycles. The fourth-order valence-corrected chi connectivity index (χ4v) is 3.19.